The van der Waals surface area contributed by atoms with E-state index in [4.69, 9.17) is 9.47 Å². The van der Waals surface area contributed by atoms with Gasteiger partial charge in [-0.3, -0.25) is 9.59 Å². The van der Waals surface area contributed by atoms with Crippen molar-refractivity contribution in [2.45, 2.75) is 45.7 Å². The van der Waals surface area contributed by atoms with Crippen LogP contribution in [-0.2, 0) is 21.5 Å². The van der Waals surface area contributed by atoms with Crippen LogP contribution in [0, 0.1) is 6.92 Å². The molecule has 4 rings (SSSR count). The summed E-state index contributed by atoms with van der Waals surface area (Å²) in [4.78, 5) is 28.5. The van der Waals surface area contributed by atoms with Crippen LogP contribution in [0.2, 0.25) is 0 Å². The molecule has 1 unspecified atom stereocenters. The van der Waals surface area contributed by atoms with E-state index in [2.05, 4.69) is 20.8 Å². The van der Waals surface area contributed by atoms with E-state index in [1.54, 1.807) is 13.2 Å². The Labute approximate surface area is 218 Å². The molecule has 6 heteroatoms. The maximum atomic E-state index is 13.5. The number of carbonyl (C=O) groups is 2. The fourth-order valence-electron chi connectivity index (χ4n) is 4.70. The summed E-state index contributed by atoms with van der Waals surface area (Å²) in [6.45, 7) is 8.33. The van der Waals surface area contributed by atoms with Crippen molar-refractivity contribution in [3.8, 4) is 11.5 Å². The normalized spacial score (nSPS) is 17.2. The molecule has 0 aliphatic carbocycles. The molecule has 192 valence electrons. The number of ether oxygens (including phenoxy) is 2. The number of aryl methyl sites for hydroxylation is 1. The van der Waals surface area contributed by atoms with E-state index in [1.165, 1.54) is 12.0 Å². The second kappa shape index (κ2) is 10.1. The summed E-state index contributed by atoms with van der Waals surface area (Å²) in [5.41, 5.74) is 3.73. The molecule has 0 spiro atoms. The lowest BCUT2D eigenvalue weighted by molar-refractivity contribution is -0.140. The summed E-state index contributed by atoms with van der Waals surface area (Å²) < 4.78 is 10.9. The van der Waals surface area contributed by atoms with Gasteiger partial charge in [-0.05, 0) is 53.3 Å². The number of ketones is 1. The number of carbonyl (C=O) groups excluding carboxylic acids is 2. The van der Waals surface area contributed by atoms with Crippen LogP contribution >= 0.6 is 0 Å². The number of nitrogens with zero attached hydrogens (tertiary/aromatic N) is 1. The van der Waals surface area contributed by atoms with Crippen molar-refractivity contribution in [1.29, 1.82) is 0 Å². The van der Waals surface area contributed by atoms with Crippen molar-refractivity contribution in [2.24, 2.45) is 0 Å². The van der Waals surface area contributed by atoms with E-state index >= 15 is 0 Å². The van der Waals surface area contributed by atoms with Crippen molar-refractivity contribution in [1.82, 2.24) is 4.90 Å². The highest BCUT2D eigenvalue weighted by molar-refractivity contribution is 6.46. The Bertz CT molecular complexity index is 1380. The quantitative estimate of drug-likeness (QED) is 0.258. The van der Waals surface area contributed by atoms with Crippen LogP contribution in [0.25, 0.3) is 5.76 Å². The highest BCUT2D eigenvalue weighted by atomic mass is 16.5. The van der Waals surface area contributed by atoms with Gasteiger partial charge in [0.25, 0.3) is 11.7 Å². The average molecular weight is 500 g/mol. The first kappa shape index (κ1) is 26.0. The number of Topliss-reactive ketones (excluding diaryl/α,β-unsaturated/α-hetero) is 1. The number of methoxy groups -OCH3 is 2. The van der Waals surface area contributed by atoms with Gasteiger partial charge in [-0.15, -0.1) is 0 Å². The summed E-state index contributed by atoms with van der Waals surface area (Å²) >= 11 is 0. The molecule has 3 aromatic rings. The standard InChI is InChI=1S/C31H33NO5/c1-19-9-7-11-21(15-19)27-26(28(33)24-17-22(31(2,3)4)13-14-25(24)37-6)29(34)30(35)32(27)18-20-10-8-12-23(16-20)36-5/h7-17,27,33H,18H2,1-6H3/b28-26+. The third kappa shape index (κ3) is 5.10. The lowest BCUT2D eigenvalue weighted by Crippen LogP contribution is -2.29. The molecule has 1 fully saturated rings. The zero-order valence-electron chi connectivity index (χ0n) is 22.2. The average Bonchev–Trinajstić information content (AvgIpc) is 3.12. The largest absolute Gasteiger partial charge is 0.507 e. The number of likely N-dealkylation sites (tertiary alicyclic amines) is 1. The van der Waals surface area contributed by atoms with E-state index in [-0.39, 0.29) is 23.3 Å². The van der Waals surface area contributed by atoms with E-state index in [1.807, 2.05) is 67.6 Å². The van der Waals surface area contributed by atoms with Gasteiger partial charge in [0.05, 0.1) is 31.4 Å². The Hall–Kier alpha value is -4.06. The predicted octanol–water partition coefficient (Wildman–Crippen LogP) is 5.93. The summed E-state index contributed by atoms with van der Waals surface area (Å²) in [5, 5.41) is 11.7. The van der Waals surface area contributed by atoms with E-state index in [0.717, 1.165) is 22.3 Å². The topological polar surface area (TPSA) is 76.1 Å². The van der Waals surface area contributed by atoms with Gasteiger partial charge in [0, 0.05) is 6.54 Å². The first-order valence-corrected chi connectivity index (χ1v) is 12.2. The molecule has 0 bridgehead atoms. The van der Waals surface area contributed by atoms with E-state index in [9.17, 15) is 14.7 Å². The van der Waals surface area contributed by atoms with Crippen LogP contribution in [-0.4, -0.2) is 35.9 Å². The molecule has 1 amide bonds. The third-order valence-corrected chi connectivity index (χ3v) is 6.71. The van der Waals surface area contributed by atoms with Crippen LogP contribution in [0.5, 0.6) is 11.5 Å². The van der Waals surface area contributed by atoms with Gasteiger partial charge >= 0.3 is 0 Å². The molecular formula is C31H33NO5. The predicted molar refractivity (Wildman–Crippen MR) is 144 cm³/mol. The monoisotopic (exact) mass is 499 g/mol. The number of benzene rings is 3. The van der Waals surface area contributed by atoms with Crippen molar-refractivity contribution in [3.05, 3.63) is 100 Å². The molecule has 0 radical (unpaired) electrons. The Morgan fingerprint density at radius 3 is 2.32 bits per heavy atom. The second-order valence-electron chi connectivity index (χ2n) is 10.4. The summed E-state index contributed by atoms with van der Waals surface area (Å²) in [5.74, 6) is -0.560. The molecule has 0 saturated carbocycles. The molecule has 37 heavy (non-hydrogen) atoms. The molecule has 6 nitrogen and oxygen atoms in total. The van der Waals surface area contributed by atoms with Gasteiger partial charge < -0.3 is 19.5 Å². The molecule has 1 aliphatic rings. The van der Waals surface area contributed by atoms with Gasteiger partial charge in [-0.25, -0.2) is 0 Å². The number of hydrogen-bond acceptors (Lipinski definition) is 5. The Kier molecular flexibility index (Phi) is 7.12. The smallest absolute Gasteiger partial charge is 0.295 e. The first-order valence-electron chi connectivity index (χ1n) is 12.2. The maximum Gasteiger partial charge on any atom is 0.295 e. The van der Waals surface area contributed by atoms with E-state index < -0.39 is 17.7 Å². The number of rotatable bonds is 6. The third-order valence-electron chi connectivity index (χ3n) is 6.71. The minimum absolute atomic E-state index is 0.0443. The van der Waals surface area contributed by atoms with E-state index in [0.29, 0.717) is 17.1 Å². The molecule has 1 heterocycles. The minimum Gasteiger partial charge on any atom is -0.507 e. The van der Waals surface area contributed by atoms with Crippen molar-refractivity contribution in [2.75, 3.05) is 14.2 Å². The Morgan fingerprint density at radius 2 is 1.68 bits per heavy atom. The summed E-state index contributed by atoms with van der Waals surface area (Å²) in [7, 11) is 3.10. The lowest BCUT2D eigenvalue weighted by Gasteiger charge is -2.26. The van der Waals surface area contributed by atoms with Crippen LogP contribution < -0.4 is 9.47 Å². The van der Waals surface area contributed by atoms with Gasteiger partial charge in [-0.1, -0.05) is 68.8 Å². The summed E-state index contributed by atoms with van der Waals surface area (Å²) in [6, 6.07) is 19.8. The summed E-state index contributed by atoms with van der Waals surface area (Å²) in [6.07, 6.45) is 0. The number of amides is 1. The van der Waals surface area contributed by atoms with Gasteiger partial charge in [0.15, 0.2) is 0 Å². The Morgan fingerprint density at radius 1 is 0.946 bits per heavy atom. The fourth-order valence-corrected chi connectivity index (χ4v) is 4.70. The Balaban J connectivity index is 1.92. The maximum absolute atomic E-state index is 13.5. The fraction of sp³-hybridized carbons (Fsp3) is 0.290. The first-order chi connectivity index (χ1) is 17.5. The highest BCUT2D eigenvalue weighted by Gasteiger charge is 2.46. The zero-order valence-corrected chi connectivity index (χ0v) is 22.2. The van der Waals surface area contributed by atoms with Crippen molar-refractivity contribution < 1.29 is 24.2 Å². The minimum atomic E-state index is -0.769. The van der Waals surface area contributed by atoms with Crippen LogP contribution in [0.4, 0.5) is 0 Å². The number of aliphatic hydroxyl groups is 1. The number of aliphatic hydroxyl groups excluding tert-OH is 1. The second-order valence-corrected chi connectivity index (χ2v) is 10.4. The molecule has 1 atom stereocenters. The molecule has 3 aromatic carbocycles. The molecule has 1 N–H and O–H groups in total. The van der Waals surface area contributed by atoms with Crippen LogP contribution in [0.15, 0.2) is 72.3 Å². The SMILES string of the molecule is COc1cccc(CN2C(=O)C(=O)/C(=C(/O)c3cc(C(C)(C)C)ccc3OC)C2c2cccc(C)c2)c1. The van der Waals surface area contributed by atoms with Gasteiger partial charge in [-0.2, -0.15) is 0 Å². The molecular weight excluding hydrogens is 466 g/mol. The van der Waals surface area contributed by atoms with Gasteiger partial charge in [0.2, 0.25) is 0 Å². The van der Waals surface area contributed by atoms with Crippen molar-refractivity contribution in [3.63, 3.8) is 0 Å². The molecule has 0 aromatic heterocycles. The lowest BCUT2D eigenvalue weighted by atomic mass is 9.85. The van der Waals surface area contributed by atoms with Gasteiger partial charge in [0.1, 0.15) is 17.3 Å². The van der Waals surface area contributed by atoms with Crippen LogP contribution in [0.1, 0.15) is 54.6 Å². The van der Waals surface area contributed by atoms with Crippen LogP contribution in [0.3, 0.4) is 0 Å². The molecule has 1 aliphatic heterocycles. The zero-order chi connectivity index (χ0) is 26.9. The molecule has 1 saturated heterocycles. The number of hydrogen-bond donors (Lipinski definition) is 1. The highest BCUT2D eigenvalue weighted by Crippen LogP contribution is 2.42. The van der Waals surface area contributed by atoms with Crippen molar-refractivity contribution >= 4 is 17.4 Å².